The first-order valence-corrected chi connectivity index (χ1v) is 6.35. The molecule has 0 aliphatic carbocycles. The Balaban J connectivity index is 2.32. The van der Waals surface area contributed by atoms with E-state index in [1.54, 1.807) is 6.20 Å². The maximum absolute atomic E-state index is 4.55. The summed E-state index contributed by atoms with van der Waals surface area (Å²) in [4.78, 5) is 8.91. The predicted octanol–water partition coefficient (Wildman–Crippen LogP) is 3.58. The number of aryl methyl sites for hydroxylation is 2. The molecule has 2 rings (SSSR count). The largest absolute Gasteiger partial charge is 0.370 e. The molecule has 0 aliphatic heterocycles. The van der Waals surface area contributed by atoms with Crippen molar-refractivity contribution in [3.8, 4) is 11.4 Å². The summed E-state index contributed by atoms with van der Waals surface area (Å²) in [6.45, 7) is 7.26. The lowest BCUT2D eigenvalue weighted by Crippen LogP contribution is -2.03. The molecule has 94 valence electrons. The Kier molecular flexibility index (Phi) is 3.92. The first-order chi connectivity index (χ1) is 8.70. The summed E-state index contributed by atoms with van der Waals surface area (Å²) in [6, 6.07) is 8.25. The van der Waals surface area contributed by atoms with E-state index in [9.17, 15) is 0 Å². The Labute approximate surface area is 108 Å². The molecular formula is C15H19N3. The second-order valence-corrected chi connectivity index (χ2v) is 4.51. The van der Waals surface area contributed by atoms with Crippen LogP contribution < -0.4 is 5.32 Å². The molecule has 0 saturated heterocycles. The van der Waals surface area contributed by atoms with Crippen LogP contribution in [0.1, 0.15) is 24.5 Å². The fourth-order valence-electron chi connectivity index (χ4n) is 1.90. The van der Waals surface area contributed by atoms with Crippen molar-refractivity contribution in [3.63, 3.8) is 0 Å². The van der Waals surface area contributed by atoms with Crippen molar-refractivity contribution in [2.45, 2.75) is 27.2 Å². The molecule has 0 radical (unpaired) electrons. The predicted molar refractivity (Wildman–Crippen MR) is 75.7 cm³/mol. The van der Waals surface area contributed by atoms with Gasteiger partial charge in [0.25, 0.3) is 0 Å². The van der Waals surface area contributed by atoms with Gasteiger partial charge in [-0.05, 0) is 31.9 Å². The van der Waals surface area contributed by atoms with Crippen molar-refractivity contribution in [2.75, 3.05) is 11.9 Å². The Morgan fingerprint density at radius 1 is 1.17 bits per heavy atom. The zero-order valence-corrected chi connectivity index (χ0v) is 11.2. The average molecular weight is 241 g/mol. The van der Waals surface area contributed by atoms with Gasteiger partial charge in [-0.2, -0.15) is 0 Å². The lowest BCUT2D eigenvalue weighted by molar-refractivity contribution is 0.965. The number of aromatic nitrogens is 2. The van der Waals surface area contributed by atoms with Crippen LogP contribution in [0.25, 0.3) is 11.4 Å². The number of nitrogens with one attached hydrogen (secondary N) is 1. The monoisotopic (exact) mass is 241 g/mol. The maximum Gasteiger partial charge on any atom is 0.161 e. The Bertz CT molecular complexity index is 535. The number of hydrogen-bond donors (Lipinski definition) is 1. The Morgan fingerprint density at radius 2 is 2.00 bits per heavy atom. The third-order valence-corrected chi connectivity index (χ3v) is 2.83. The number of benzene rings is 1. The van der Waals surface area contributed by atoms with E-state index in [0.717, 1.165) is 30.2 Å². The van der Waals surface area contributed by atoms with Gasteiger partial charge < -0.3 is 5.32 Å². The van der Waals surface area contributed by atoms with Crippen molar-refractivity contribution in [1.29, 1.82) is 0 Å². The molecule has 0 bridgehead atoms. The lowest BCUT2D eigenvalue weighted by atomic mass is 10.1. The van der Waals surface area contributed by atoms with Gasteiger partial charge >= 0.3 is 0 Å². The summed E-state index contributed by atoms with van der Waals surface area (Å²) >= 11 is 0. The van der Waals surface area contributed by atoms with Crippen LogP contribution in [0.3, 0.4) is 0 Å². The maximum atomic E-state index is 4.55. The molecule has 3 heteroatoms. The molecule has 2 aromatic rings. The zero-order valence-electron chi connectivity index (χ0n) is 11.2. The molecular weight excluding hydrogens is 222 g/mol. The van der Waals surface area contributed by atoms with Crippen LogP contribution >= 0.6 is 0 Å². The average Bonchev–Trinajstić information content (AvgIpc) is 2.36. The van der Waals surface area contributed by atoms with Crippen LogP contribution in [0.15, 0.2) is 30.5 Å². The standard InChI is InChI=1S/C15H19N3/c1-4-8-16-14-7-9-17-15(18-14)13-6-5-11(2)10-12(13)3/h5-7,9-10H,4,8H2,1-3H3,(H,16,17,18). The molecule has 3 nitrogen and oxygen atoms in total. The van der Waals surface area contributed by atoms with Crippen molar-refractivity contribution < 1.29 is 0 Å². The van der Waals surface area contributed by atoms with Crippen molar-refractivity contribution in [3.05, 3.63) is 41.6 Å². The molecule has 0 aliphatic rings. The number of hydrogen-bond acceptors (Lipinski definition) is 3. The van der Waals surface area contributed by atoms with Gasteiger partial charge in [-0.15, -0.1) is 0 Å². The molecule has 0 unspecified atom stereocenters. The van der Waals surface area contributed by atoms with E-state index in [0.29, 0.717) is 0 Å². The normalized spacial score (nSPS) is 10.4. The second-order valence-electron chi connectivity index (χ2n) is 4.51. The summed E-state index contributed by atoms with van der Waals surface area (Å²) in [7, 11) is 0. The highest BCUT2D eigenvalue weighted by atomic mass is 15.0. The third kappa shape index (κ3) is 2.86. The lowest BCUT2D eigenvalue weighted by Gasteiger charge is -2.08. The van der Waals surface area contributed by atoms with E-state index in [4.69, 9.17) is 0 Å². The van der Waals surface area contributed by atoms with Gasteiger partial charge in [0, 0.05) is 18.3 Å². The number of anilines is 1. The van der Waals surface area contributed by atoms with E-state index < -0.39 is 0 Å². The highest BCUT2D eigenvalue weighted by Gasteiger charge is 2.05. The highest BCUT2D eigenvalue weighted by Crippen LogP contribution is 2.21. The second kappa shape index (κ2) is 5.63. The first-order valence-electron chi connectivity index (χ1n) is 6.35. The molecule has 0 fully saturated rings. The third-order valence-electron chi connectivity index (χ3n) is 2.83. The molecule has 1 heterocycles. The van der Waals surface area contributed by atoms with Gasteiger partial charge in [0.1, 0.15) is 5.82 Å². The summed E-state index contributed by atoms with van der Waals surface area (Å²) in [6.07, 6.45) is 2.89. The highest BCUT2D eigenvalue weighted by molar-refractivity contribution is 5.61. The van der Waals surface area contributed by atoms with Gasteiger partial charge in [-0.3, -0.25) is 0 Å². The summed E-state index contributed by atoms with van der Waals surface area (Å²) in [5.41, 5.74) is 3.57. The summed E-state index contributed by atoms with van der Waals surface area (Å²) < 4.78 is 0. The quantitative estimate of drug-likeness (QED) is 0.889. The molecule has 1 N–H and O–H groups in total. The molecule has 0 saturated carbocycles. The first kappa shape index (κ1) is 12.6. The fourth-order valence-corrected chi connectivity index (χ4v) is 1.90. The number of rotatable bonds is 4. The molecule has 1 aromatic carbocycles. The van der Waals surface area contributed by atoms with Crippen LogP contribution in [-0.4, -0.2) is 16.5 Å². The van der Waals surface area contributed by atoms with Crippen LogP contribution in [0.2, 0.25) is 0 Å². The Hall–Kier alpha value is -1.90. The van der Waals surface area contributed by atoms with Crippen LogP contribution in [-0.2, 0) is 0 Å². The van der Waals surface area contributed by atoms with E-state index in [1.165, 1.54) is 11.1 Å². The van der Waals surface area contributed by atoms with Gasteiger partial charge in [0.15, 0.2) is 5.82 Å². The van der Waals surface area contributed by atoms with E-state index >= 15 is 0 Å². The molecule has 1 aromatic heterocycles. The zero-order chi connectivity index (χ0) is 13.0. The molecule has 18 heavy (non-hydrogen) atoms. The van der Waals surface area contributed by atoms with Gasteiger partial charge in [0.2, 0.25) is 0 Å². The minimum absolute atomic E-state index is 0.786. The summed E-state index contributed by atoms with van der Waals surface area (Å²) in [5.74, 6) is 1.68. The van der Waals surface area contributed by atoms with Gasteiger partial charge in [-0.1, -0.05) is 30.7 Å². The Morgan fingerprint density at radius 3 is 2.72 bits per heavy atom. The number of nitrogens with zero attached hydrogens (tertiary/aromatic N) is 2. The summed E-state index contributed by atoms with van der Waals surface area (Å²) in [5, 5.41) is 3.28. The topological polar surface area (TPSA) is 37.8 Å². The van der Waals surface area contributed by atoms with Gasteiger partial charge in [-0.25, -0.2) is 9.97 Å². The van der Waals surface area contributed by atoms with E-state index in [2.05, 4.69) is 54.3 Å². The molecule has 0 amide bonds. The van der Waals surface area contributed by atoms with Crippen LogP contribution in [0, 0.1) is 13.8 Å². The minimum Gasteiger partial charge on any atom is -0.370 e. The molecule has 0 spiro atoms. The smallest absolute Gasteiger partial charge is 0.161 e. The van der Waals surface area contributed by atoms with Crippen molar-refractivity contribution >= 4 is 5.82 Å². The van der Waals surface area contributed by atoms with E-state index in [1.807, 2.05) is 6.07 Å². The van der Waals surface area contributed by atoms with Gasteiger partial charge in [0.05, 0.1) is 0 Å². The molecule has 0 atom stereocenters. The van der Waals surface area contributed by atoms with Crippen molar-refractivity contribution in [1.82, 2.24) is 9.97 Å². The fraction of sp³-hybridized carbons (Fsp3) is 0.333. The minimum atomic E-state index is 0.786. The SMILES string of the molecule is CCCNc1ccnc(-c2ccc(C)cc2C)n1. The van der Waals surface area contributed by atoms with Crippen molar-refractivity contribution in [2.24, 2.45) is 0 Å². The van der Waals surface area contributed by atoms with Crippen LogP contribution in [0.4, 0.5) is 5.82 Å². The van der Waals surface area contributed by atoms with Crippen LogP contribution in [0.5, 0.6) is 0 Å². The van der Waals surface area contributed by atoms with E-state index in [-0.39, 0.29) is 0 Å².